The van der Waals surface area contributed by atoms with Gasteiger partial charge >= 0.3 is 0 Å². The van der Waals surface area contributed by atoms with Crippen molar-refractivity contribution in [2.24, 2.45) is 0 Å². The van der Waals surface area contributed by atoms with Gasteiger partial charge < -0.3 is 19.1 Å². The van der Waals surface area contributed by atoms with E-state index in [1.807, 2.05) is 0 Å². The second kappa shape index (κ2) is 7.53. The molecule has 8 nitrogen and oxygen atoms in total. The smallest absolute Gasteiger partial charge is 0.278 e. The van der Waals surface area contributed by atoms with Crippen molar-refractivity contribution in [2.45, 2.75) is 18.6 Å². The molecule has 2 aliphatic rings. The first kappa shape index (κ1) is 19.5. The lowest BCUT2D eigenvalue weighted by atomic mass is 10.0. The highest BCUT2D eigenvalue weighted by atomic mass is 19.2. The van der Waals surface area contributed by atoms with E-state index in [4.69, 9.17) is 14.2 Å². The third kappa shape index (κ3) is 3.60. The normalized spacial score (nSPS) is 18.2. The largest absolute Gasteiger partial charge is 0.481 e. The lowest BCUT2D eigenvalue weighted by Gasteiger charge is -2.37. The van der Waals surface area contributed by atoms with Crippen molar-refractivity contribution in [1.82, 2.24) is 14.7 Å². The summed E-state index contributed by atoms with van der Waals surface area (Å²) in [5.74, 6) is -3.33. The van der Waals surface area contributed by atoms with Crippen molar-refractivity contribution in [3.05, 3.63) is 51.8 Å². The van der Waals surface area contributed by atoms with Crippen LogP contribution >= 0.6 is 0 Å². The molecule has 2 fully saturated rings. The Balaban J connectivity index is 1.64. The molecule has 1 spiro atoms. The van der Waals surface area contributed by atoms with Crippen LogP contribution < -0.4 is 10.2 Å². The van der Waals surface area contributed by atoms with Gasteiger partial charge in [-0.2, -0.15) is 5.10 Å². The molecule has 0 saturated carbocycles. The van der Waals surface area contributed by atoms with Gasteiger partial charge in [-0.25, -0.2) is 13.5 Å². The number of likely N-dealkylation sites (tertiary alicyclic amines) is 1. The van der Waals surface area contributed by atoms with Crippen LogP contribution in [0.15, 0.2) is 29.1 Å². The summed E-state index contributed by atoms with van der Waals surface area (Å²) < 4.78 is 44.4. The molecule has 2 aromatic rings. The van der Waals surface area contributed by atoms with Gasteiger partial charge in [-0.3, -0.25) is 9.59 Å². The Kier molecular flexibility index (Phi) is 5.05. The molecular weight excluding hydrogens is 388 g/mol. The number of methoxy groups -OCH3 is 1. The fraction of sp³-hybridized carbons (Fsp3) is 0.421. The van der Waals surface area contributed by atoms with E-state index in [2.05, 4.69) is 5.10 Å². The molecule has 2 aliphatic heterocycles. The summed E-state index contributed by atoms with van der Waals surface area (Å²) >= 11 is 0. The van der Waals surface area contributed by atoms with Crippen LogP contribution in [0.4, 0.5) is 8.78 Å². The summed E-state index contributed by atoms with van der Waals surface area (Å²) in [5.41, 5.74) is -0.848. The van der Waals surface area contributed by atoms with Gasteiger partial charge in [0.05, 0.1) is 32.1 Å². The second-order valence-electron chi connectivity index (χ2n) is 6.81. The molecule has 0 aliphatic carbocycles. The van der Waals surface area contributed by atoms with Crippen LogP contribution in [0.1, 0.15) is 23.3 Å². The van der Waals surface area contributed by atoms with Gasteiger partial charge in [0.25, 0.3) is 5.91 Å². The average Bonchev–Trinajstić information content (AvgIpc) is 3.18. The molecule has 4 rings (SSSR count). The predicted molar refractivity (Wildman–Crippen MR) is 96.1 cm³/mol. The Morgan fingerprint density at radius 2 is 1.83 bits per heavy atom. The number of carbonyl (C=O) groups excluding carboxylic acids is 1. The van der Waals surface area contributed by atoms with E-state index in [1.165, 1.54) is 18.1 Å². The van der Waals surface area contributed by atoms with Crippen LogP contribution in [0.2, 0.25) is 0 Å². The molecule has 154 valence electrons. The number of rotatable bonds is 3. The molecule has 1 amide bonds. The van der Waals surface area contributed by atoms with Gasteiger partial charge in [-0.1, -0.05) is 0 Å². The Morgan fingerprint density at radius 1 is 1.14 bits per heavy atom. The monoisotopic (exact) mass is 407 g/mol. The number of benzene rings is 1. The van der Waals surface area contributed by atoms with Gasteiger partial charge in [-0.15, -0.1) is 0 Å². The zero-order chi connectivity index (χ0) is 20.6. The molecule has 3 heterocycles. The molecule has 0 unspecified atom stereocenters. The van der Waals surface area contributed by atoms with E-state index in [0.717, 1.165) is 22.9 Å². The van der Waals surface area contributed by atoms with E-state index in [-0.39, 0.29) is 17.3 Å². The van der Waals surface area contributed by atoms with Crippen LogP contribution in [0.5, 0.6) is 5.88 Å². The van der Waals surface area contributed by atoms with Gasteiger partial charge in [0.1, 0.15) is 0 Å². The SMILES string of the molecule is COc1cc(=O)c(C(=O)N2CCC3(CC2)OCCO3)nn1-c1ccc(F)c(F)c1. The predicted octanol–water partition coefficient (Wildman–Crippen LogP) is 1.50. The molecule has 0 N–H and O–H groups in total. The number of piperidine rings is 1. The first-order valence-corrected chi connectivity index (χ1v) is 9.13. The summed E-state index contributed by atoms with van der Waals surface area (Å²) in [5, 5.41) is 4.08. The maximum Gasteiger partial charge on any atom is 0.278 e. The minimum absolute atomic E-state index is 0.0112. The quantitative estimate of drug-likeness (QED) is 0.767. The molecule has 1 aromatic heterocycles. The minimum atomic E-state index is -1.09. The van der Waals surface area contributed by atoms with Crippen LogP contribution in [0.25, 0.3) is 5.69 Å². The number of hydrogen-bond acceptors (Lipinski definition) is 6. The molecule has 0 bridgehead atoms. The highest BCUT2D eigenvalue weighted by Crippen LogP contribution is 2.31. The fourth-order valence-electron chi connectivity index (χ4n) is 3.52. The van der Waals surface area contributed by atoms with Gasteiger partial charge in [0.15, 0.2) is 23.1 Å². The maximum absolute atomic E-state index is 13.7. The van der Waals surface area contributed by atoms with Crippen LogP contribution in [-0.2, 0) is 9.47 Å². The number of hydrogen-bond donors (Lipinski definition) is 0. The standard InChI is InChI=1S/C19H19F2N3O5/c1-27-16-11-15(25)17(22-24(16)12-2-3-13(20)14(21)10-12)18(26)23-6-4-19(5-7-23)28-8-9-29-19/h2-3,10-11H,4-9H2,1H3. The van der Waals surface area contributed by atoms with E-state index in [1.54, 1.807) is 0 Å². The van der Waals surface area contributed by atoms with Crippen molar-refractivity contribution >= 4 is 5.91 Å². The zero-order valence-corrected chi connectivity index (χ0v) is 15.7. The molecular formula is C19H19F2N3O5. The summed E-state index contributed by atoms with van der Waals surface area (Å²) in [6.45, 7) is 1.73. The Morgan fingerprint density at radius 3 is 2.45 bits per heavy atom. The average molecular weight is 407 g/mol. The van der Waals surface area contributed by atoms with E-state index >= 15 is 0 Å². The summed E-state index contributed by atoms with van der Waals surface area (Å²) in [4.78, 5) is 26.9. The number of amides is 1. The minimum Gasteiger partial charge on any atom is -0.481 e. The number of carbonyl (C=O) groups is 1. The van der Waals surface area contributed by atoms with Gasteiger partial charge in [0, 0.05) is 32.0 Å². The van der Waals surface area contributed by atoms with E-state index < -0.39 is 28.8 Å². The van der Waals surface area contributed by atoms with Crippen molar-refractivity contribution in [1.29, 1.82) is 0 Å². The lowest BCUT2D eigenvalue weighted by Crippen LogP contribution is -2.48. The molecule has 2 saturated heterocycles. The second-order valence-corrected chi connectivity index (χ2v) is 6.81. The summed E-state index contributed by atoms with van der Waals surface area (Å²) in [6, 6.07) is 4.20. The third-order valence-corrected chi connectivity index (χ3v) is 5.08. The number of halogens is 2. The number of ether oxygens (including phenoxy) is 3. The first-order chi connectivity index (χ1) is 13.9. The van der Waals surface area contributed by atoms with Crippen LogP contribution in [0, 0.1) is 11.6 Å². The first-order valence-electron chi connectivity index (χ1n) is 9.13. The van der Waals surface area contributed by atoms with Crippen molar-refractivity contribution in [2.75, 3.05) is 33.4 Å². The van der Waals surface area contributed by atoms with Gasteiger partial charge in [0.2, 0.25) is 11.3 Å². The fourth-order valence-corrected chi connectivity index (χ4v) is 3.52. The van der Waals surface area contributed by atoms with Crippen LogP contribution in [-0.4, -0.2) is 59.8 Å². The summed E-state index contributed by atoms with van der Waals surface area (Å²) in [7, 11) is 1.31. The van der Waals surface area contributed by atoms with Crippen LogP contribution in [0.3, 0.4) is 0 Å². The van der Waals surface area contributed by atoms with E-state index in [9.17, 15) is 18.4 Å². The maximum atomic E-state index is 13.7. The molecule has 1 aromatic carbocycles. The van der Waals surface area contributed by atoms with Crippen molar-refractivity contribution in [3.8, 4) is 11.6 Å². The molecule has 0 radical (unpaired) electrons. The molecule has 0 atom stereocenters. The Labute approximate surface area is 164 Å². The van der Waals surface area contributed by atoms with Crippen molar-refractivity contribution < 1.29 is 27.8 Å². The Bertz CT molecular complexity index is 994. The topological polar surface area (TPSA) is 82.9 Å². The number of aromatic nitrogens is 2. The summed E-state index contributed by atoms with van der Waals surface area (Å²) in [6.07, 6.45) is 0.985. The molecule has 10 heteroatoms. The highest BCUT2D eigenvalue weighted by molar-refractivity contribution is 5.92. The highest BCUT2D eigenvalue weighted by Gasteiger charge is 2.41. The van der Waals surface area contributed by atoms with E-state index in [0.29, 0.717) is 39.1 Å². The molecule has 29 heavy (non-hydrogen) atoms. The zero-order valence-electron chi connectivity index (χ0n) is 15.7. The third-order valence-electron chi connectivity index (χ3n) is 5.08. The van der Waals surface area contributed by atoms with Crippen molar-refractivity contribution in [3.63, 3.8) is 0 Å². The Hall–Kier alpha value is -2.85. The lowest BCUT2D eigenvalue weighted by molar-refractivity contribution is -0.181. The van der Waals surface area contributed by atoms with Gasteiger partial charge in [-0.05, 0) is 12.1 Å². The number of nitrogens with zero attached hydrogens (tertiary/aromatic N) is 3.